The van der Waals surface area contributed by atoms with Crippen LogP contribution >= 0.6 is 11.6 Å². The van der Waals surface area contributed by atoms with Gasteiger partial charge in [-0.2, -0.15) is 5.10 Å². The summed E-state index contributed by atoms with van der Waals surface area (Å²) in [5.74, 6) is 0.954. The van der Waals surface area contributed by atoms with Crippen molar-refractivity contribution in [2.24, 2.45) is 5.10 Å². The number of methoxy groups -OCH3 is 2. The van der Waals surface area contributed by atoms with Gasteiger partial charge in [-0.1, -0.05) is 36.7 Å². The predicted octanol–water partition coefficient (Wildman–Crippen LogP) is 3.79. The van der Waals surface area contributed by atoms with Gasteiger partial charge in [0.1, 0.15) is 18.0 Å². The summed E-state index contributed by atoms with van der Waals surface area (Å²) >= 11 is 6.52. The van der Waals surface area contributed by atoms with E-state index in [-0.39, 0.29) is 18.5 Å². The van der Waals surface area contributed by atoms with Gasteiger partial charge in [0.15, 0.2) is 0 Å². The number of rotatable bonds is 11. The molecule has 2 aromatic carbocycles. The van der Waals surface area contributed by atoms with Crippen molar-refractivity contribution in [3.63, 3.8) is 0 Å². The van der Waals surface area contributed by atoms with Crippen LogP contribution in [0.1, 0.15) is 36.9 Å². The Bertz CT molecular complexity index is 1200. The second kappa shape index (κ2) is 14.3. The quantitative estimate of drug-likeness (QED) is 0.441. The Morgan fingerprint density at radius 1 is 1.15 bits per heavy atom. The first-order chi connectivity index (χ1) is 19.4. The van der Waals surface area contributed by atoms with Crippen LogP contribution in [-0.2, 0) is 9.53 Å². The number of hydrogen-bond donors (Lipinski definition) is 1. The molecule has 0 aromatic heterocycles. The molecule has 2 heterocycles. The van der Waals surface area contributed by atoms with Gasteiger partial charge in [0.25, 0.3) is 5.91 Å². The van der Waals surface area contributed by atoms with E-state index in [1.807, 2.05) is 43.3 Å². The first-order valence-corrected chi connectivity index (χ1v) is 14.0. The fourth-order valence-corrected chi connectivity index (χ4v) is 5.10. The van der Waals surface area contributed by atoms with Crippen molar-refractivity contribution >= 4 is 29.3 Å². The normalized spacial score (nSPS) is 17.4. The number of carbonyl (C=O) groups is 2. The third-order valence-electron chi connectivity index (χ3n) is 7.08. The summed E-state index contributed by atoms with van der Waals surface area (Å²) in [6, 6.07) is 12.2. The lowest BCUT2D eigenvalue weighted by molar-refractivity contribution is -0.133. The van der Waals surface area contributed by atoms with E-state index in [0.29, 0.717) is 61.5 Å². The number of hydrazone groups is 1. The second-order valence-corrected chi connectivity index (χ2v) is 10.1. The molecule has 4 rings (SSSR count). The molecule has 2 aromatic rings. The Morgan fingerprint density at radius 2 is 1.93 bits per heavy atom. The molecule has 2 aliphatic heterocycles. The zero-order valence-electron chi connectivity index (χ0n) is 23.4. The maximum absolute atomic E-state index is 13.9. The van der Waals surface area contributed by atoms with Crippen LogP contribution in [0.4, 0.5) is 4.79 Å². The topological polar surface area (TPSA) is 95.9 Å². The molecule has 1 atom stereocenters. The summed E-state index contributed by atoms with van der Waals surface area (Å²) in [6.45, 7) is 6.38. The minimum absolute atomic E-state index is 0.123. The van der Waals surface area contributed by atoms with E-state index < -0.39 is 6.04 Å². The van der Waals surface area contributed by atoms with E-state index in [1.54, 1.807) is 25.2 Å². The fourth-order valence-electron chi connectivity index (χ4n) is 4.86. The zero-order chi connectivity index (χ0) is 28.5. The molecule has 2 aliphatic rings. The monoisotopic (exact) mass is 571 g/mol. The lowest BCUT2D eigenvalue weighted by atomic mass is 9.97. The summed E-state index contributed by atoms with van der Waals surface area (Å²) in [7, 11) is 3.18. The number of benzene rings is 2. The van der Waals surface area contributed by atoms with Gasteiger partial charge in [-0.15, -0.1) is 0 Å². The molecule has 0 bridgehead atoms. The average Bonchev–Trinajstić information content (AvgIpc) is 3.43. The molecule has 0 spiro atoms. The Balaban J connectivity index is 1.63. The summed E-state index contributed by atoms with van der Waals surface area (Å²) in [6.07, 6.45) is 1.22. The van der Waals surface area contributed by atoms with E-state index in [2.05, 4.69) is 10.2 Å². The van der Waals surface area contributed by atoms with Gasteiger partial charge in [0.2, 0.25) is 0 Å². The van der Waals surface area contributed by atoms with Gasteiger partial charge < -0.3 is 24.4 Å². The first-order valence-electron chi connectivity index (χ1n) is 13.6. The van der Waals surface area contributed by atoms with Crippen molar-refractivity contribution < 1.29 is 23.8 Å². The van der Waals surface area contributed by atoms with Crippen molar-refractivity contribution in [2.45, 2.75) is 25.8 Å². The van der Waals surface area contributed by atoms with Crippen LogP contribution < -0.4 is 14.8 Å². The van der Waals surface area contributed by atoms with Gasteiger partial charge in [-0.25, -0.2) is 9.80 Å². The maximum Gasteiger partial charge on any atom is 0.317 e. The van der Waals surface area contributed by atoms with Crippen LogP contribution in [-0.4, -0.2) is 99.2 Å². The molecule has 40 heavy (non-hydrogen) atoms. The number of nitrogens with zero attached hydrogens (tertiary/aromatic N) is 4. The first kappa shape index (κ1) is 29.6. The highest BCUT2D eigenvalue weighted by molar-refractivity contribution is 6.34. The van der Waals surface area contributed by atoms with Crippen molar-refractivity contribution in [1.29, 1.82) is 0 Å². The summed E-state index contributed by atoms with van der Waals surface area (Å²) in [4.78, 5) is 30.8. The Hall–Kier alpha value is -3.34. The smallest absolute Gasteiger partial charge is 0.317 e. The van der Waals surface area contributed by atoms with Gasteiger partial charge in [0.05, 0.1) is 39.2 Å². The lowest BCUT2D eigenvalue weighted by Gasteiger charge is -2.31. The van der Waals surface area contributed by atoms with Gasteiger partial charge in [-0.3, -0.25) is 9.69 Å². The van der Waals surface area contributed by atoms with Crippen LogP contribution in [0.2, 0.25) is 5.02 Å². The molecule has 0 aliphatic carbocycles. The Morgan fingerprint density at radius 3 is 2.62 bits per heavy atom. The van der Waals surface area contributed by atoms with Gasteiger partial charge >= 0.3 is 6.03 Å². The van der Waals surface area contributed by atoms with Crippen LogP contribution in [0.3, 0.4) is 0 Å². The van der Waals surface area contributed by atoms with Gasteiger partial charge in [0, 0.05) is 55.3 Å². The lowest BCUT2D eigenvalue weighted by Crippen LogP contribution is -2.49. The molecule has 1 saturated heterocycles. The highest BCUT2D eigenvalue weighted by Gasteiger charge is 2.36. The highest BCUT2D eigenvalue weighted by Crippen LogP contribution is 2.40. The molecule has 0 radical (unpaired) electrons. The van der Waals surface area contributed by atoms with E-state index in [4.69, 9.17) is 30.9 Å². The van der Waals surface area contributed by atoms with Crippen LogP contribution in [0.25, 0.3) is 0 Å². The number of morpholine rings is 1. The van der Waals surface area contributed by atoms with E-state index >= 15 is 0 Å². The number of carbonyl (C=O) groups excluding carboxylic acids is 2. The molecule has 3 amide bonds. The molecule has 1 fully saturated rings. The van der Waals surface area contributed by atoms with E-state index in [1.165, 1.54) is 5.01 Å². The number of nitrogens with one attached hydrogen (secondary N) is 1. The average molecular weight is 572 g/mol. The van der Waals surface area contributed by atoms with Crippen molar-refractivity contribution in [3.05, 3.63) is 58.6 Å². The van der Waals surface area contributed by atoms with Crippen molar-refractivity contribution in [2.75, 3.05) is 66.7 Å². The number of amides is 3. The zero-order valence-corrected chi connectivity index (χ0v) is 24.2. The minimum Gasteiger partial charge on any atom is -0.497 e. The number of halogens is 1. The Kier molecular flexibility index (Phi) is 10.6. The molecule has 0 unspecified atom stereocenters. The standard InChI is InChI=1S/C29H38ClN5O5/c1-4-11-31-29(37)34(13-12-33-14-16-40-17-15-33)20-28(36)35-26(23-18-21(38-2)9-10-27(23)39-3)19-25(32-35)22-7-5-6-8-24(22)30/h5-10,18,26H,4,11-17,19-20H2,1-3H3,(H,31,37)/t26-/m1/s1. The third-order valence-corrected chi connectivity index (χ3v) is 7.41. The SMILES string of the molecule is CCCNC(=O)N(CCN1CCOCC1)CC(=O)N1N=C(c2ccccc2Cl)C[C@@H]1c1cc(OC)ccc1OC. The largest absolute Gasteiger partial charge is 0.497 e. The second-order valence-electron chi connectivity index (χ2n) is 9.70. The summed E-state index contributed by atoms with van der Waals surface area (Å²) < 4.78 is 16.6. The van der Waals surface area contributed by atoms with Crippen molar-refractivity contribution in [1.82, 2.24) is 20.1 Å². The minimum atomic E-state index is -0.469. The molecule has 216 valence electrons. The number of ether oxygens (including phenoxy) is 3. The predicted molar refractivity (Wildman–Crippen MR) is 154 cm³/mol. The summed E-state index contributed by atoms with van der Waals surface area (Å²) in [5, 5.41) is 9.70. The molecule has 10 nitrogen and oxygen atoms in total. The number of hydrogen-bond acceptors (Lipinski definition) is 7. The van der Waals surface area contributed by atoms with E-state index in [0.717, 1.165) is 30.6 Å². The number of urea groups is 1. The van der Waals surface area contributed by atoms with Crippen LogP contribution in [0, 0.1) is 0 Å². The molecular formula is C29H38ClN5O5. The van der Waals surface area contributed by atoms with Gasteiger partial charge in [-0.05, 0) is 30.7 Å². The summed E-state index contributed by atoms with van der Waals surface area (Å²) in [5.41, 5.74) is 2.21. The highest BCUT2D eigenvalue weighted by atomic mass is 35.5. The fraction of sp³-hybridized carbons (Fsp3) is 0.483. The molecule has 0 saturated carbocycles. The van der Waals surface area contributed by atoms with Crippen molar-refractivity contribution in [3.8, 4) is 11.5 Å². The molecule has 11 heteroatoms. The third kappa shape index (κ3) is 7.24. The molecule has 1 N–H and O–H groups in total. The van der Waals surface area contributed by atoms with Crippen LogP contribution in [0.15, 0.2) is 47.6 Å². The van der Waals surface area contributed by atoms with Crippen LogP contribution in [0.5, 0.6) is 11.5 Å². The Labute approximate surface area is 240 Å². The maximum atomic E-state index is 13.9. The molecular weight excluding hydrogens is 534 g/mol. The van der Waals surface area contributed by atoms with E-state index in [9.17, 15) is 9.59 Å².